The molecule has 0 spiro atoms. The van der Waals surface area contributed by atoms with Gasteiger partial charge in [-0.25, -0.2) is 0 Å². The lowest BCUT2D eigenvalue weighted by atomic mass is 10.2. The molecular formula is C17H23ClN4O2S. The first-order chi connectivity index (χ1) is 11.9. The summed E-state index contributed by atoms with van der Waals surface area (Å²) in [6, 6.07) is 5.55. The minimum atomic E-state index is -0.336. The molecule has 0 atom stereocenters. The monoisotopic (exact) mass is 382 g/mol. The number of primary amides is 1. The van der Waals surface area contributed by atoms with Gasteiger partial charge in [0.15, 0.2) is 5.16 Å². The number of rotatable bonds is 9. The molecule has 1 aromatic carbocycles. The second-order valence-electron chi connectivity index (χ2n) is 6.11. The van der Waals surface area contributed by atoms with Gasteiger partial charge in [0.05, 0.1) is 7.11 Å². The largest absolute Gasteiger partial charge is 0.496 e. The van der Waals surface area contributed by atoms with Gasteiger partial charge >= 0.3 is 0 Å². The maximum atomic E-state index is 11.1. The van der Waals surface area contributed by atoms with Gasteiger partial charge in [0.1, 0.15) is 11.6 Å². The Morgan fingerprint density at radius 3 is 2.80 bits per heavy atom. The maximum Gasteiger partial charge on any atom is 0.217 e. The number of thioether (sulfide) groups is 1. The van der Waals surface area contributed by atoms with Crippen LogP contribution in [-0.4, -0.2) is 27.8 Å². The number of hydrogen-bond donors (Lipinski definition) is 1. The molecule has 1 aromatic heterocycles. The lowest BCUT2D eigenvalue weighted by Crippen LogP contribution is -2.15. The topological polar surface area (TPSA) is 83.0 Å². The third-order valence-corrected chi connectivity index (χ3v) is 4.79. The zero-order valence-corrected chi connectivity index (χ0v) is 16.2. The molecule has 8 heteroatoms. The fourth-order valence-electron chi connectivity index (χ4n) is 2.40. The average Bonchev–Trinajstić information content (AvgIpc) is 2.92. The summed E-state index contributed by atoms with van der Waals surface area (Å²) < 4.78 is 7.45. The molecule has 1 heterocycles. The molecule has 2 rings (SSSR count). The second-order valence-corrected chi connectivity index (χ2v) is 7.49. The van der Waals surface area contributed by atoms with Gasteiger partial charge in [-0.15, -0.1) is 10.2 Å². The standard InChI is InChI=1S/C17H23ClN4O2S/c1-11(2)9-22-16(7-6-15(19)23)20-21-17(22)25-10-12-8-13(18)4-5-14(12)24-3/h4-5,8,11H,6-7,9-10H2,1-3H3,(H2,19,23). The first-order valence-corrected chi connectivity index (χ1v) is 9.42. The summed E-state index contributed by atoms with van der Waals surface area (Å²) >= 11 is 7.66. The van der Waals surface area contributed by atoms with E-state index in [9.17, 15) is 4.79 Å². The van der Waals surface area contributed by atoms with Gasteiger partial charge in [-0.2, -0.15) is 0 Å². The molecule has 2 aromatic rings. The number of carbonyl (C=O) groups is 1. The van der Waals surface area contributed by atoms with Gasteiger partial charge in [-0.1, -0.05) is 37.2 Å². The van der Waals surface area contributed by atoms with Crippen LogP contribution in [0.5, 0.6) is 5.75 Å². The van der Waals surface area contributed by atoms with Crippen LogP contribution < -0.4 is 10.5 Å². The number of nitrogens with two attached hydrogens (primary N) is 1. The summed E-state index contributed by atoms with van der Waals surface area (Å²) in [5.74, 6) is 2.34. The van der Waals surface area contributed by atoms with E-state index in [-0.39, 0.29) is 12.3 Å². The first-order valence-electron chi connectivity index (χ1n) is 8.06. The van der Waals surface area contributed by atoms with Crippen LogP contribution in [0, 0.1) is 5.92 Å². The van der Waals surface area contributed by atoms with E-state index in [2.05, 4.69) is 28.6 Å². The van der Waals surface area contributed by atoms with E-state index >= 15 is 0 Å². The van der Waals surface area contributed by atoms with Crippen molar-refractivity contribution in [3.05, 3.63) is 34.6 Å². The van der Waals surface area contributed by atoms with Crippen molar-refractivity contribution in [1.29, 1.82) is 0 Å². The average molecular weight is 383 g/mol. The van der Waals surface area contributed by atoms with E-state index in [0.29, 0.717) is 23.1 Å². The Hall–Kier alpha value is -1.73. The van der Waals surface area contributed by atoms with Crippen molar-refractivity contribution in [3.63, 3.8) is 0 Å². The SMILES string of the molecule is COc1ccc(Cl)cc1CSc1nnc(CCC(N)=O)n1CC(C)C. The smallest absolute Gasteiger partial charge is 0.217 e. The predicted molar refractivity (Wildman–Crippen MR) is 99.9 cm³/mol. The summed E-state index contributed by atoms with van der Waals surface area (Å²) in [5, 5.41) is 10.0. The van der Waals surface area contributed by atoms with E-state index in [1.54, 1.807) is 24.9 Å². The molecular weight excluding hydrogens is 360 g/mol. The Bertz CT molecular complexity index is 733. The molecule has 0 aliphatic carbocycles. The van der Waals surface area contributed by atoms with E-state index in [1.807, 2.05) is 12.1 Å². The lowest BCUT2D eigenvalue weighted by molar-refractivity contribution is -0.118. The predicted octanol–water partition coefficient (Wildman–Crippen LogP) is 3.31. The van der Waals surface area contributed by atoms with Crippen LogP contribution in [0.4, 0.5) is 0 Å². The number of aromatic nitrogens is 3. The number of methoxy groups -OCH3 is 1. The summed E-state index contributed by atoms with van der Waals surface area (Å²) in [6.45, 7) is 5.05. The summed E-state index contributed by atoms with van der Waals surface area (Å²) in [5.41, 5.74) is 6.25. The highest BCUT2D eigenvalue weighted by Crippen LogP contribution is 2.30. The van der Waals surface area contributed by atoms with E-state index in [0.717, 1.165) is 28.8 Å². The first kappa shape index (κ1) is 19.6. The van der Waals surface area contributed by atoms with E-state index < -0.39 is 0 Å². The molecule has 0 radical (unpaired) electrons. The quantitative estimate of drug-likeness (QED) is 0.672. The van der Waals surface area contributed by atoms with Gasteiger partial charge in [0, 0.05) is 35.7 Å². The van der Waals surface area contributed by atoms with Crippen LogP contribution in [0.15, 0.2) is 23.4 Å². The van der Waals surface area contributed by atoms with Crippen molar-refractivity contribution in [1.82, 2.24) is 14.8 Å². The fourth-order valence-corrected chi connectivity index (χ4v) is 3.54. The molecule has 25 heavy (non-hydrogen) atoms. The number of carbonyl (C=O) groups excluding carboxylic acids is 1. The van der Waals surface area contributed by atoms with Gasteiger partial charge in [-0.05, 0) is 24.1 Å². The summed E-state index contributed by atoms with van der Waals surface area (Å²) in [4.78, 5) is 11.1. The van der Waals surface area contributed by atoms with Gasteiger partial charge in [-0.3, -0.25) is 4.79 Å². The lowest BCUT2D eigenvalue weighted by Gasteiger charge is -2.13. The van der Waals surface area contributed by atoms with Crippen LogP contribution in [0.25, 0.3) is 0 Å². The van der Waals surface area contributed by atoms with Crippen molar-refractivity contribution < 1.29 is 9.53 Å². The Balaban J connectivity index is 2.18. The van der Waals surface area contributed by atoms with Crippen molar-refractivity contribution in [3.8, 4) is 5.75 Å². The molecule has 0 unspecified atom stereocenters. The van der Waals surface area contributed by atoms with Crippen molar-refractivity contribution >= 4 is 29.3 Å². The second kappa shape index (κ2) is 9.10. The van der Waals surface area contributed by atoms with Crippen molar-refractivity contribution in [2.75, 3.05) is 7.11 Å². The number of hydrogen-bond acceptors (Lipinski definition) is 5. The Labute approximate surface area is 157 Å². The number of nitrogens with zero attached hydrogens (tertiary/aromatic N) is 3. The minimum absolute atomic E-state index is 0.267. The van der Waals surface area contributed by atoms with Gasteiger partial charge in [0.25, 0.3) is 0 Å². The number of halogens is 1. The number of amides is 1. The fraction of sp³-hybridized carbons (Fsp3) is 0.471. The zero-order chi connectivity index (χ0) is 18.4. The number of benzene rings is 1. The molecule has 2 N–H and O–H groups in total. The highest BCUT2D eigenvalue weighted by molar-refractivity contribution is 7.98. The molecule has 0 aliphatic rings. The number of aryl methyl sites for hydroxylation is 1. The molecule has 0 saturated carbocycles. The van der Waals surface area contributed by atoms with Crippen LogP contribution >= 0.6 is 23.4 Å². The zero-order valence-electron chi connectivity index (χ0n) is 14.7. The van der Waals surface area contributed by atoms with Crippen LogP contribution in [0.2, 0.25) is 5.02 Å². The van der Waals surface area contributed by atoms with Gasteiger partial charge < -0.3 is 15.0 Å². The van der Waals surface area contributed by atoms with Crippen molar-refractivity contribution in [2.24, 2.45) is 11.7 Å². The highest BCUT2D eigenvalue weighted by Gasteiger charge is 2.15. The Kier molecular flexibility index (Phi) is 7.13. The molecule has 0 bridgehead atoms. The van der Waals surface area contributed by atoms with Crippen LogP contribution in [-0.2, 0) is 23.5 Å². The van der Waals surface area contributed by atoms with E-state index in [4.69, 9.17) is 22.1 Å². The third-order valence-electron chi connectivity index (χ3n) is 3.54. The maximum absolute atomic E-state index is 11.1. The van der Waals surface area contributed by atoms with Crippen LogP contribution in [0.1, 0.15) is 31.7 Å². The minimum Gasteiger partial charge on any atom is -0.496 e. The van der Waals surface area contributed by atoms with E-state index in [1.165, 1.54) is 0 Å². The summed E-state index contributed by atoms with van der Waals surface area (Å²) in [6.07, 6.45) is 0.763. The van der Waals surface area contributed by atoms with Gasteiger partial charge in [0.2, 0.25) is 5.91 Å². The molecule has 0 saturated heterocycles. The Morgan fingerprint density at radius 1 is 1.40 bits per heavy atom. The number of ether oxygens (including phenoxy) is 1. The molecule has 0 fully saturated rings. The summed E-state index contributed by atoms with van der Waals surface area (Å²) in [7, 11) is 1.64. The third kappa shape index (κ3) is 5.64. The highest BCUT2D eigenvalue weighted by atomic mass is 35.5. The molecule has 0 aliphatic heterocycles. The van der Waals surface area contributed by atoms with Crippen molar-refractivity contribution in [2.45, 2.75) is 44.1 Å². The van der Waals surface area contributed by atoms with Crippen LogP contribution in [0.3, 0.4) is 0 Å². The Morgan fingerprint density at radius 2 is 2.16 bits per heavy atom. The normalized spacial score (nSPS) is 11.1. The molecule has 1 amide bonds. The molecule has 136 valence electrons. The molecule has 6 nitrogen and oxygen atoms in total.